The monoisotopic (exact) mass is 207 g/mol. The summed E-state index contributed by atoms with van der Waals surface area (Å²) in [7, 11) is 0. The van der Waals surface area contributed by atoms with E-state index in [1.807, 2.05) is 12.1 Å². The molecular weight excluding hydrogens is 190 g/mol. The van der Waals surface area contributed by atoms with Gasteiger partial charge in [-0.2, -0.15) is 0 Å². The summed E-state index contributed by atoms with van der Waals surface area (Å²) in [4.78, 5) is 11.7. The van der Waals surface area contributed by atoms with Crippen LogP contribution in [0.5, 0.6) is 0 Å². The Balaban J connectivity index is 1.79. The molecule has 1 N–H and O–H groups in total. The Morgan fingerprint density at radius 2 is 2.40 bits per heavy atom. The molecule has 0 spiro atoms. The van der Waals surface area contributed by atoms with Crippen LogP contribution in [0.1, 0.15) is 26.0 Å². The van der Waals surface area contributed by atoms with E-state index in [2.05, 4.69) is 19.2 Å². The maximum absolute atomic E-state index is 11.7. The molecule has 0 aliphatic heterocycles. The summed E-state index contributed by atoms with van der Waals surface area (Å²) in [6.45, 7) is 4.79. The van der Waals surface area contributed by atoms with Gasteiger partial charge >= 0.3 is 0 Å². The van der Waals surface area contributed by atoms with Gasteiger partial charge in [0.2, 0.25) is 5.91 Å². The van der Waals surface area contributed by atoms with Crippen molar-refractivity contribution in [3.63, 3.8) is 0 Å². The van der Waals surface area contributed by atoms with Crippen molar-refractivity contribution >= 4 is 5.91 Å². The highest BCUT2D eigenvalue weighted by Gasteiger charge is 2.49. The molecule has 3 heteroatoms. The predicted octanol–water partition coefficient (Wildman–Crippen LogP) is 2.19. The fourth-order valence-electron chi connectivity index (χ4n) is 2.31. The van der Waals surface area contributed by atoms with E-state index in [-0.39, 0.29) is 11.8 Å². The Hall–Kier alpha value is -1.25. The zero-order chi connectivity index (χ0) is 10.8. The molecule has 2 rings (SSSR count). The molecule has 1 aliphatic rings. The number of rotatable bonds is 4. The third-order valence-corrected chi connectivity index (χ3v) is 3.35. The summed E-state index contributed by atoms with van der Waals surface area (Å²) in [5.41, 5.74) is 0. The van der Waals surface area contributed by atoms with Crippen LogP contribution >= 0.6 is 0 Å². The van der Waals surface area contributed by atoms with Crippen LogP contribution in [-0.4, -0.2) is 5.91 Å². The van der Waals surface area contributed by atoms with Crippen molar-refractivity contribution < 1.29 is 9.21 Å². The van der Waals surface area contributed by atoms with Gasteiger partial charge in [0, 0.05) is 5.92 Å². The average Bonchev–Trinajstić information content (AvgIpc) is 2.66. The highest BCUT2D eigenvalue weighted by Crippen LogP contribution is 2.48. The van der Waals surface area contributed by atoms with Crippen LogP contribution < -0.4 is 5.32 Å². The molecule has 3 atom stereocenters. The van der Waals surface area contributed by atoms with Crippen molar-refractivity contribution in [1.29, 1.82) is 0 Å². The number of furan rings is 1. The number of amides is 1. The zero-order valence-corrected chi connectivity index (χ0v) is 9.19. The zero-order valence-electron chi connectivity index (χ0n) is 9.19. The number of hydrogen-bond acceptors (Lipinski definition) is 2. The quantitative estimate of drug-likeness (QED) is 0.822. The van der Waals surface area contributed by atoms with Crippen LogP contribution in [0.3, 0.4) is 0 Å². The Morgan fingerprint density at radius 1 is 1.60 bits per heavy atom. The Kier molecular flexibility index (Phi) is 2.80. The van der Waals surface area contributed by atoms with Crippen molar-refractivity contribution in [2.75, 3.05) is 0 Å². The van der Waals surface area contributed by atoms with Crippen LogP contribution in [0, 0.1) is 17.8 Å². The van der Waals surface area contributed by atoms with Gasteiger partial charge in [0.15, 0.2) is 0 Å². The van der Waals surface area contributed by atoms with Crippen LogP contribution in [0.2, 0.25) is 0 Å². The summed E-state index contributed by atoms with van der Waals surface area (Å²) in [5.74, 6) is 2.34. The minimum atomic E-state index is 0.172. The van der Waals surface area contributed by atoms with E-state index >= 15 is 0 Å². The summed E-state index contributed by atoms with van der Waals surface area (Å²) in [6, 6.07) is 3.70. The first-order valence-electron chi connectivity index (χ1n) is 5.54. The highest BCUT2D eigenvalue weighted by atomic mass is 16.3. The molecule has 1 aromatic rings. The first kappa shape index (κ1) is 10.3. The van der Waals surface area contributed by atoms with Gasteiger partial charge in [-0.15, -0.1) is 0 Å². The second-order valence-electron chi connectivity index (χ2n) is 4.25. The van der Waals surface area contributed by atoms with E-state index in [9.17, 15) is 4.79 Å². The van der Waals surface area contributed by atoms with Crippen LogP contribution in [0.4, 0.5) is 0 Å². The van der Waals surface area contributed by atoms with E-state index in [1.165, 1.54) is 0 Å². The second kappa shape index (κ2) is 4.09. The molecule has 82 valence electrons. The largest absolute Gasteiger partial charge is 0.467 e. The summed E-state index contributed by atoms with van der Waals surface area (Å²) >= 11 is 0. The van der Waals surface area contributed by atoms with Crippen molar-refractivity contribution in [2.45, 2.75) is 26.8 Å². The van der Waals surface area contributed by atoms with Gasteiger partial charge < -0.3 is 9.73 Å². The lowest BCUT2D eigenvalue weighted by Crippen LogP contribution is -2.25. The fourth-order valence-corrected chi connectivity index (χ4v) is 2.31. The lowest BCUT2D eigenvalue weighted by molar-refractivity contribution is -0.123. The molecule has 1 amide bonds. The van der Waals surface area contributed by atoms with E-state index in [0.717, 1.165) is 12.2 Å². The molecule has 15 heavy (non-hydrogen) atoms. The van der Waals surface area contributed by atoms with Gasteiger partial charge in [0.1, 0.15) is 5.76 Å². The van der Waals surface area contributed by atoms with Gasteiger partial charge in [0.25, 0.3) is 0 Å². The number of carbonyl (C=O) groups is 1. The van der Waals surface area contributed by atoms with Gasteiger partial charge in [-0.3, -0.25) is 4.79 Å². The average molecular weight is 207 g/mol. The number of nitrogens with one attached hydrogen (secondary N) is 1. The Labute approximate surface area is 89.9 Å². The minimum Gasteiger partial charge on any atom is -0.467 e. The third-order valence-electron chi connectivity index (χ3n) is 3.35. The second-order valence-corrected chi connectivity index (χ2v) is 4.25. The summed E-state index contributed by atoms with van der Waals surface area (Å²) < 4.78 is 5.15. The van der Waals surface area contributed by atoms with Crippen LogP contribution in [0.15, 0.2) is 22.8 Å². The van der Waals surface area contributed by atoms with Crippen LogP contribution in [0.25, 0.3) is 0 Å². The summed E-state index contributed by atoms with van der Waals surface area (Å²) in [5, 5.41) is 2.91. The third kappa shape index (κ3) is 2.06. The minimum absolute atomic E-state index is 0.172. The topological polar surface area (TPSA) is 42.2 Å². The maximum atomic E-state index is 11.7. The van der Waals surface area contributed by atoms with E-state index in [0.29, 0.717) is 18.4 Å². The molecule has 0 aromatic carbocycles. The van der Waals surface area contributed by atoms with E-state index in [4.69, 9.17) is 4.42 Å². The standard InChI is InChI=1S/C12H17NO2/c1-3-10-8(2)11(10)12(14)13-7-9-5-4-6-15-9/h4-6,8,10-11H,3,7H2,1-2H3,(H,13,14). The molecule has 1 aliphatic carbocycles. The maximum Gasteiger partial charge on any atom is 0.224 e. The molecule has 0 saturated heterocycles. The molecular formula is C12H17NO2. The van der Waals surface area contributed by atoms with Gasteiger partial charge in [-0.25, -0.2) is 0 Å². The summed E-state index contributed by atoms with van der Waals surface area (Å²) in [6.07, 6.45) is 2.72. The highest BCUT2D eigenvalue weighted by molar-refractivity contribution is 5.82. The van der Waals surface area contributed by atoms with Crippen LogP contribution in [-0.2, 0) is 11.3 Å². The van der Waals surface area contributed by atoms with Gasteiger partial charge in [0.05, 0.1) is 12.8 Å². The van der Waals surface area contributed by atoms with Crippen molar-refractivity contribution in [2.24, 2.45) is 17.8 Å². The molecule has 1 heterocycles. The smallest absolute Gasteiger partial charge is 0.224 e. The van der Waals surface area contributed by atoms with E-state index < -0.39 is 0 Å². The molecule has 0 radical (unpaired) electrons. The normalized spacial score (nSPS) is 28.8. The van der Waals surface area contributed by atoms with Crippen molar-refractivity contribution in [3.05, 3.63) is 24.2 Å². The van der Waals surface area contributed by atoms with Gasteiger partial charge in [-0.05, 0) is 24.0 Å². The number of hydrogen-bond donors (Lipinski definition) is 1. The fraction of sp³-hybridized carbons (Fsp3) is 0.583. The Morgan fingerprint density at radius 3 is 2.93 bits per heavy atom. The van der Waals surface area contributed by atoms with Crippen molar-refractivity contribution in [1.82, 2.24) is 5.32 Å². The molecule has 1 saturated carbocycles. The molecule has 3 nitrogen and oxygen atoms in total. The van der Waals surface area contributed by atoms with Gasteiger partial charge in [-0.1, -0.05) is 20.3 Å². The SMILES string of the molecule is CCC1C(C)C1C(=O)NCc1ccco1. The Bertz CT molecular complexity index is 331. The first-order chi connectivity index (χ1) is 7.24. The predicted molar refractivity (Wildman–Crippen MR) is 57.0 cm³/mol. The van der Waals surface area contributed by atoms with Crippen molar-refractivity contribution in [3.8, 4) is 0 Å². The molecule has 1 aromatic heterocycles. The first-order valence-corrected chi connectivity index (χ1v) is 5.54. The molecule has 3 unspecified atom stereocenters. The molecule has 1 fully saturated rings. The lowest BCUT2D eigenvalue weighted by Gasteiger charge is -2.01. The lowest BCUT2D eigenvalue weighted by atomic mass is 10.2. The van der Waals surface area contributed by atoms with E-state index in [1.54, 1.807) is 6.26 Å². The number of carbonyl (C=O) groups excluding carboxylic acids is 1. The molecule has 0 bridgehead atoms.